The van der Waals surface area contributed by atoms with E-state index >= 15 is 0 Å². The van der Waals surface area contributed by atoms with E-state index in [4.69, 9.17) is 0 Å². The predicted molar refractivity (Wildman–Crippen MR) is 66.9 cm³/mol. The molecule has 3 aromatic heterocycles. The van der Waals surface area contributed by atoms with Crippen LogP contribution in [-0.4, -0.2) is 24.5 Å². The van der Waals surface area contributed by atoms with Gasteiger partial charge in [-0.25, -0.2) is 4.98 Å². The van der Waals surface area contributed by atoms with Crippen molar-refractivity contribution in [3.05, 3.63) is 24.2 Å². The van der Waals surface area contributed by atoms with Gasteiger partial charge < -0.3 is 4.98 Å². The number of fused-ring (bicyclic) bond motifs is 1. The van der Waals surface area contributed by atoms with Crippen molar-refractivity contribution in [1.82, 2.24) is 24.5 Å². The quantitative estimate of drug-likeness (QED) is 0.753. The standard InChI is InChI=1S/C11H11N5S/c1-6(2)9-10(17-16-15-9)11-13-7-3-4-12-5-8(7)14-11/h3-6H,1-2H3,(H,13,14). The third kappa shape index (κ3) is 1.70. The minimum atomic E-state index is 0.343. The summed E-state index contributed by atoms with van der Waals surface area (Å²) in [5, 5.41) is 4.16. The summed E-state index contributed by atoms with van der Waals surface area (Å²) in [5.41, 5.74) is 2.84. The fraction of sp³-hybridized carbons (Fsp3) is 0.273. The van der Waals surface area contributed by atoms with Crippen molar-refractivity contribution < 1.29 is 0 Å². The lowest BCUT2D eigenvalue weighted by Crippen LogP contribution is -1.91. The molecular weight excluding hydrogens is 234 g/mol. The molecule has 3 heterocycles. The van der Waals surface area contributed by atoms with E-state index in [1.54, 1.807) is 12.4 Å². The predicted octanol–water partition coefficient (Wildman–Crippen LogP) is 2.60. The van der Waals surface area contributed by atoms with E-state index in [1.807, 2.05) is 6.07 Å². The molecule has 6 heteroatoms. The molecule has 0 radical (unpaired) electrons. The van der Waals surface area contributed by atoms with Crippen molar-refractivity contribution in [1.29, 1.82) is 0 Å². The van der Waals surface area contributed by atoms with Gasteiger partial charge in [0.05, 0.1) is 22.9 Å². The highest BCUT2D eigenvalue weighted by atomic mass is 32.1. The largest absolute Gasteiger partial charge is 0.336 e. The summed E-state index contributed by atoms with van der Waals surface area (Å²) in [4.78, 5) is 12.9. The summed E-state index contributed by atoms with van der Waals surface area (Å²) in [6.45, 7) is 4.20. The molecule has 0 atom stereocenters. The number of rotatable bonds is 2. The van der Waals surface area contributed by atoms with Crippen LogP contribution in [-0.2, 0) is 0 Å². The third-order valence-corrected chi connectivity index (χ3v) is 3.31. The van der Waals surface area contributed by atoms with Gasteiger partial charge in [-0.05, 0) is 23.5 Å². The van der Waals surface area contributed by atoms with Crippen molar-refractivity contribution in [2.45, 2.75) is 19.8 Å². The summed E-state index contributed by atoms with van der Waals surface area (Å²) < 4.78 is 4.01. The maximum absolute atomic E-state index is 4.53. The molecule has 0 aliphatic carbocycles. The lowest BCUT2D eigenvalue weighted by atomic mass is 10.1. The van der Waals surface area contributed by atoms with Gasteiger partial charge in [-0.3, -0.25) is 4.98 Å². The van der Waals surface area contributed by atoms with E-state index in [9.17, 15) is 0 Å². The second-order valence-corrected chi connectivity index (χ2v) is 4.87. The monoisotopic (exact) mass is 245 g/mol. The van der Waals surface area contributed by atoms with Gasteiger partial charge in [-0.15, -0.1) is 5.10 Å². The maximum atomic E-state index is 4.53. The Labute approximate surface area is 102 Å². The molecule has 0 unspecified atom stereocenters. The van der Waals surface area contributed by atoms with E-state index in [0.29, 0.717) is 5.92 Å². The molecule has 0 bridgehead atoms. The third-order valence-electron chi connectivity index (χ3n) is 2.56. The van der Waals surface area contributed by atoms with Crippen LogP contribution in [0.1, 0.15) is 25.5 Å². The number of hydrogen-bond acceptors (Lipinski definition) is 5. The number of nitrogens with zero attached hydrogens (tertiary/aromatic N) is 4. The first-order valence-electron chi connectivity index (χ1n) is 5.38. The van der Waals surface area contributed by atoms with E-state index in [2.05, 4.69) is 38.4 Å². The van der Waals surface area contributed by atoms with Crippen LogP contribution in [0.3, 0.4) is 0 Å². The summed E-state index contributed by atoms with van der Waals surface area (Å²) >= 11 is 1.37. The molecule has 0 aromatic carbocycles. The Morgan fingerprint density at radius 1 is 1.35 bits per heavy atom. The van der Waals surface area contributed by atoms with Crippen molar-refractivity contribution in [3.8, 4) is 10.7 Å². The molecule has 0 amide bonds. The normalized spacial score (nSPS) is 11.5. The highest BCUT2D eigenvalue weighted by Crippen LogP contribution is 2.29. The Bertz CT molecular complexity index is 621. The molecule has 0 saturated heterocycles. The number of aromatic amines is 1. The highest BCUT2D eigenvalue weighted by Gasteiger charge is 2.16. The SMILES string of the molecule is CC(C)c1nnsc1-c1nc2ccncc2[nH]1. The molecule has 0 fully saturated rings. The Kier molecular flexibility index (Phi) is 2.36. The Morgan fingerprint density at radius 3 is 3.00 bits per heavy atom. The Balaban J connectivity index is 2.17. The summed E-state index contributed by atoms with van der Waals surface area (Å²) in [7, 11) is 0. The summed E-state index contributed by atoms with van der Waals surface area (Å²) in [5.74, 6) is 1.17. The minimum Gasteiger partial charge on any atom is -0.336 e. The molecule has 3 rings (SSSR count). The molecule has 5 nitrogen and oxygen atoms in total. The summed E-state index contributed by atoms with van der Waals surface area (Å²) in [6, 6.07) is 1.89. The Morgan fingerprint density at radius 2 is 2.24 bits per heavy atom. The zero-order chi connectivity index (χ0) is 11.8. The molecule has 0 saturated carbocycles. The first kappa shape index (κ1) is 10.3. The molecule has 0 spiro atoms. The summed E-state index contributed by atoms with van der Waals surface area (Å²) in [6.07, 6.45) is 3.51. The van der Waals surface area contributed by atoms with Crippen LogP contribution < -0.4 is 0 Å². The Hall–Kier alpha value is -1.82. The fourth-order valence-electron chi connectivity index (χ4n) is 1.70. The lowest BCUT2D eigenvalue weighted by molar-refractivity contribution is 0.813. The van der Waals surface area contributed by atoms with Gasteiger partial charge in [0.25, 0.3) is 0 Å². The number of H-pyrrole nitrogens is 1. The van der Waals surface area contributed by atoms with Crippen LogP contribution in [0.25, 0.3) is 21.7 Å². The topological polar surface area (TPSA) is 67.3 Å². The van der Waals surface area contributed by atoms with Crippen molar-refractivity contribution in [2.24, 2.45) is 0 Å². The molecule has 86 valence electrons. The van der Waals surface area contributed by atoms with Crippen LogP contribution in [0.15, 0.2) is 18.5 Å². The number of nitrogens with one attached hydrogen (secondary N) is 1. The average molecular weight is 245 g/mol. The number of hydrogen-bond donors (Lipinski definition) is 1. The molecular formula is C11H11N5S. The van der Waals surface area contributed by atoms with E-state index in [0.717, 1.165) is 27.4 Å². The van der Waals surface area contributed by atoms with Crippen LogP contribution in [0.5, 0.6) is 0 Å². The van der Waals surface area contributed by atoms with Gasteiger partial charge in [-0.1, -0.05) is 18.3 Å². The van der Waals surface area contributed by atoms with Gasteiger partial charge in [0.1, 0.15) is 4.88 Å². The second kappa shape index (κ2) is 3.89. The molecule has 0 aliphatic rings. The van der Waals surface area contributed by atoms with Crippen molar-refractivity contribution in [3.63, 3.8) is 0 Å². The van der Waals surface area contributed by atoms with Gasteiger partial charge in [0.15, 0.2) is 5.82 Å². The molecule has 1 N–H and O–H groups in total. The van der Waals surface area contributed by atoms with Crippen LogP contribution in [0.2, 0.25) is 0 Å². The van der Waals surface area contributed by atoms with E-state index in [1.165, 1.54) is 11.5 Å². The smallest absolute Gasteiger partial charge is 0.152 e. The second-order valence-electron chi connectivity index (χ2n) is 4.12. The number of aromatic nitrogens is 5. The van der Waals surface area contributed by atoms with Gasteiger partial charge in [0, 0.05) is 6.20 Å². The van der Waals surface area contributed by atoms with Crippen LogP contribution in [0, 0.1) is 0 Å². The maximum Gasteiger partial charge on any atom is 0.152 e. The number of imidazole rings is 1. The van der Waals surface area contributed by atoms with Crippen molar-refractivity contribution in [2.75, 3.05) is 0 Å². The first-order valence-corrected chi connectivity index (χ1v) is 6.15. The average Bonchev–Trinajstić information content (AvgIpc) is 2.95. The zero-order valence-corrected chi connectivity index (χ0v) is 10.3. The first-order chi connectivity index (χ1) is 8.25. The number of pyridine rings is 1. The lowest BCUT2D eigenvalue weighted by Gasteiger charge is -2.00. The van der Waals surface area contributed by atoms with Gasteiger partial charge in [-0.2, -0.15) is 0 Å². The minimum absolute atomic E-state index is 0.343. The fourth-order valence-corrected chi connectivity index (χ4v) is 2.47. The van der Waals surface area contributed by atoms with Crippen LogP contribution in [0.4, 0.5) is 0 Å². The van der Waals surface area contributed by atoms with Crippen LogP contribution >= 0.6 is 11.5 Å². The molecule has 0 aliphatic heterocycles. The zero-order valence-electron chi connectivity index (χ0n) is 9.51. The molecule has 17 heavy (non-hydrogen) atoms. The molecule has 3 aromatic rings. The van der Waals surface area contributed by atoms with Crippen molar-refractivity contribution >= 4 is 22.6 Å². The van der Waals surface area contributed by atoms with Gasteiger partial charge >= 0.3 is 0 Å². The highest BCUT2D eigenvalue weighted by molar-refractivity contribution is 7.09. The van der Waals surface area contributed by atoms with E-state index < -0.39 is 0 Å². The van der Waals surface area contributed by atoms with E-state index in [-0.39, 0.29) is 0 Å². The van der Waals surface area contributed by atoms with Gasteiger partial charge in [0.2, 0.25) is 0 Å².